The summed E-state index contributed by atoms with van der Waals surface area (Å²) in [4.78, 5) is 27.5. The lowest BCUT2D eigenvalue weighted by molar-refractivity contribution is -0.135. The molecule has 22 heavy (non-hydrogen) atoms. The van der Waals surface area contributed by atoms with Crippen LogP contribution in [0.4, 0.5) is 5.69 Å². The number of amides is 1. The fourth-order valence-corrected chi connectivity index (χ4v) is 2.43. The van der Waals surface area contributed by atoms with E-state index in [0.717, 1.165) is 17.8 Å². The molecule has 116 valence electrons. The molecule has 1 saturated heterocycles. The topological polar surface area (TPSA) is 86.2 Å². The molecule has 0 saturated carbocycles. The van der Waals surface area contributed by atoms with E-state index >= 15 is 0 Å². The first-order valence-electron chi connectivity index (χ1n) is 6.17. The highest BCUT2D eigenvalue weighted by atomic mass is 32.2. The highest BCUT2D eigenvalue weighted by Crippen LogP contribution is 2.34. The molecule has 1 fully saturated rings. The van der Waals surface area contributed by atoms with E-state index in [0.29, 0.717) is 22.4 Å². The van der Waals surface area contributed by atoms with Gasteiger partial charge in [-0.1, -0.05) is 0 Å². The third-order valence-corrected chi connectivity index (χ3v) is 3.62. The Labute approximate surface area is 131 Å². The van der Waals surface area contributed by atoms with Crippen LogP contribution in [0, 0.1) is 0 Å². The summed E-state index contributed by atoms with van der Waals surface area (Å²) in [5, 5.41) is 2.91. The van der Waals surface area contributed by atoms with Crippen LogP contribution in [0.2, 0.25) is 0 Å². The molecule has 1 aliphatic rings. The number of aliphatic imine (C=N–C) groups is 1. The molecule has 0 atom stereocenters. The SMILES string of the molecule is COC(=O)/C=C1\SC(=Nc2cc(OC)ccc2OC)NC1=O. The first-order chi connectivity index (χ1) is 10.6. The summed E-state index contributed by atoms with van der Waals surface area (Å²) in [5.41, 5.74) is 0.504. The summed E-state index contributed by atoms with van der Waals surface area (Å²) in [5.74, 6) is 0.141. The molecule has 0 aromatic heterocycles. The van der Waals surface area contributed by atoms with Gasteiger partial charge >= 0.3 is 5.97 Å². The number of thioether (sulfide) groups is 1. The number of nitrogens with one attached hydrogen (secondary N) is 1. The average molecular weight is 322 g/mol. The van der Waals surface area contributed by atoms with E-state index in [-0.39, 0.29) is 4.91 Å². The highest BCUT2D eigenvalue weighted by Gasteiger charge is 2.25. The zero-order chi connectivity index (χ0) is 16.1. The Morgan fingerprint density at radius 2 is 2.05 bits per heavy atom. The van der Waals surface area contributed by atoms with Crippen molar-refractivity contribution in [2.24, 2.45) is 4.99 Å². The van der Waals surface area contributed by atoms with Crippen LogP contribution in [0.3, 0.4) is 0 Å². The van der Waals surface area contributed by atoms with Gasteiger partial charge in [-0.25, -0.2) is 9.79 Å². The Morgan fingerprint density at radius 1 is 1.27 bits per heavy atom. The fraction of sp³-hybridized carbons (Fsp3) is 0.214. The second-order valence-electron chi connectivity index (χ2n) is 4.04. The molecule has 1 aromatic carbocycles. The quantitative estimate of drug-likeness (QED) is 0.669. The molecule has 1 heterocycles. The number of carbonyl (C=O) groups is 2. The first kappa shape index (κ1) is 15.9. The Kier molecular flexibility index (Phi) is 5.05. The molecule has 1 aromatic rings. The number of rotatable bonds is 4. The maximum absolute atomic E-state index is 11.8. The molecule has 1 amide bonds. The van der Waals surface area contributed by atoms with Gasteiger partial charge in [0.25, 0.3) is 5.91 Å². The van der Waals surface area contributed by atoms with Crippen molar-refractivity contribution in [3.63, 3.8) is 0 Å². The molecule has 0 radical (unpaired) electrons. The van der Waals surface area contributed by atoms with Gasteiger partial charge < -0.3 is 19.5 Å². The molecular weight excluding hydrogens is 308 g/mol. The van der Waals surface area contributed by atoms with Crippen molar-refractivity contribution >= 4 is 34.5 Å². The van der Waals surface area contributed by atoms with Crippen LogP contribution in [-0.4, -0.2) is 38.4 Å². The fourth-order valence-electron chi connectivity index (χ4n) is 1.64. The maximum Gasteiger partial charge on any atom is 0.331 e. The molecule has 8 heteroatoms. The number of hydrogen-bond acceptors (Lipinski definition) is 7. The normalized spacial score (nSPS) is 17.5. The summed E-state index contributed by atoms with van der Waals surface area (Å²) in [6.45, 7) is 0. The third kappa shape index (κ3) is 3.59. The second kappa shape index (κ2) is 6.99. The predicted molar refractivity (Wildman–Crippen MR) is 82.5 cm³/mol. The minimum absolute atomic E-state index is 0.215. The number of hydrogen-bond donors (Lipinski definition) is 1. The van der Waals surface area contributed by atoms with Crippen LogP contribution in [0.15, 0.2) is 34.2 Å². The monoisotopic (exact) mass is 322 g/mol. The zero-order valence-corrected chi connectivity index (χ0v) is 13.0. The van der Waals surface area contributed by atoms with Gasteiger partial charge in [-0.15, -0.1) is 0 Å². The second-order valence-corrected chi connectivity index (χ2v) is 5.07. The van der Waals surface area contributed by atoms with E-state index in [9.17, 15) is 9.59 Å². The number of amidine groups is 1. The van der Waals surface area contributed by atoms with Gasteiger partial charge in [0.15, 0.2) is 5.17 Å². The predicted octanol–water partition coefficient (Wildman–Crippen LogP) is 1.61. The van der Waals surface area contributed by atoms with Crippen LogP contribution in [-0.2, 0) is 14.3 Å². The molecule has 0 spiro atoms. The lowest BCUT2D eigenvalue weighted by Crippen LogP contribution is -2.19. The average Bonchev–Trinajstić information content (AvgIpc) is 2.86. The van der Waals surface area contributed by atoms with Gasteiger partial charge in [-0.05, 0) is 23.9 Å². The van der Waals surface area contributed by atoms with Gasteiger partial charge in [0.2, 0.25) is 0 Å². The van der Waals surface area contributed by atoms with E-state index in [1.165, 1.54) is 14.2 Å². The number of esters is 1. The van der Waals surface area contributed by atoms with E-state index in [1.54, 1.807) is 25.3 Å². The van der Waals surface area contributed by atoms with Gasteiger partial charge in [-0.3, -0.25) is 4.79 Å². The molecule has 7 nitrogen and oxygen atoms in total. The number of carbonyl (C=O) groups excluding carboxylic acids is 2. The molecular formula is C14H14N2O5S. The van der Waals surface area contributed by atoms with E-state index < -0.39 is 11.9 Å². The summed E-state index contributed by atoms with van der Waals surface area (Å²) in [6.07, 6.45) is 1.12. The molecule has 2 rings (SSSR count). The minimum atomic E-state index is -0.599. The van der Waals surface area contributed by atoms with Crippen molar-refractivity contribution in [3.05, 3.63) is 29.2 Å². The minimum Gasteiger partial charge on any atom is -0.497 e. The van der Waals surface area contributed by atoms with Crippen molar-refractivity contribution in [1.29, 1.82) is 0 Å². The van der Waals surface area contributed by atoms with Crippen LogP contribution >= 0.6 is 11.8 Å². The van der Waals surface area contributed by atoms with Gasteiger partial charge in [0.1, 0.15) is 17.2 Å². The van der Waals surface area contributed by atoms with Crippen molar-refractivity contribution in [3.8, 4) is 11.5 Å². The number of benzene rings is 1. The number of ether oxygens (including phenoxy) is 3. The number of methoxy groups -OCH3 is 3. The third-order valence-electron chi connectivity index (χ3n) is 2.71. The van der Waals surface area contributed by atoms with Crippen molar-refractivity contribution in [2.75, 3.05) is 21.3 Å². The van der Waals surface area contributed by atoms with Crippen molar-refractivity contribution in [1.82, 2.24) is 5.32 Å². The summed E-state index contributed by atoms with van der Waals surface area (Å²) in [6, 6.07) is 5.14. The summed E-state index contributed by atoms with van der Waals surface area (Å²) >= 11 is 1.04. The van der Waals surface area contributed by atoms with E-state index in [4.69, 9.17) is 9.47 Å². The largest absolute Gasteiger partial charge is 0.497 e. The molecule has 0 bridgehead atoms. The first-order valence-corrected chi connectivity index (χ1v) is 6.98. The van der Waals surface area contributed by atoms with E-state index in [2.05, 4.69) is 15.0 Å². The molecule has 0 aliphatic carbocycles. The summed E-state index contributed by atoms with van der Waals surface area (Å²) in [7, 11) is 4.31. The zero-order valence-electron chi connectivity index (χ0n) is 12.2. The van der Waals surface area contributed by atoms with Crippen LogP contribution < -0.4 is 14.8 Å². The Balaban J connectivity index is 2.29. The smallest absolute Gasteiger partial charge is 0.331 e. The van der Waals surface area contributed by atoms with Gasteiger partial charge in [0, 0.05) is 12.1 Å². The Hall–Kier alpha value is -2.48. The lowest BCUT2D eigenvalue weighted by Gasteiger charge is -2.07. The van der Waals surface area contributed by atoms with Crippen LogP contribution in [0.25, 0.3) is 0 Å². The van der Waals surface area contributed by atoms with Gasteiger partial charge in [-0.2, -0.15) is 0 Å². The maximum atomic E-state index is 11.8. The van der Waals surface area contributed by atoms with Crippen molar-refractivity contribution in [2.45, 2.75) is 0 Å². The molecule has 0 unspecified atom stereocenters. The Bertz CT molecular complexity index is 669. The lowest BCUT2D eigenvalue weighted by atomic mass is 10.3. The van der Waals surface area contributed by atoms with Crippen LogP contribution in [0.1, 0.15) is 0 Å². The van der Waals surface area contributed by atoms with E-state index in [1.807, 2.05) is 0 Å². The van der Waals surface area contributed by atoms with Gasteiger partial charge in [0.05, 0.1) is 26.2 Å². The molecule has 1 N–H and O–H groups in total. The highest BCUT2D eigenvalue weighted by molar-refractivity contribution is 8.18. The molecule has 1 aliphatic heterocycles. The summed E-state index contributed by atoms with van der Waals surface area (Å²) < 4.78 is 14.8. The Morgan fingerprint density at radius 3 is 2.68 bits per heavy atom. The van der Waals surface area contributed by atoms with Crippen LogP contribution in [0.5, 0.6) is 11.5 Å². The van der Waals surface area contributed by atoms with Crippen molar-refractivity contribution < 1.29 is 23.8 Å². The standard InChI is InChI=1S/C14H14N2O5S/c1-19-8-4-5-10(20-2)9(6-8)15-14-16-13(18)11(22-14)7-12(17)21-3/h4-7H,1-3H3,(H,15,16,18)/b11-7-. The number of nitrogens with zero attached hydrogens (tertiary/aromatic N) is 1.